The van der Waals surface area contributed by atoms with Gasteiger partial charge < -0.3 is 0 Å². The summed E-state index contributed by atoms with van der Waals surface area (Å²) < 4.78 is 0. The first-order valence-corrected chi connectivity index (χ1v) is 4.63. The molecule has 74 valence electrons. The molecular formula is C8H12N6. The molecule has 0 aromatic heterocycles. The SMILES string of the molecule is [N-]=[N+]=N[C@@H]1C=C[C@H](N=[N+]=[N-])CCCC1. The maximum atomic E-state index is 8.29. The summed E-state index contributed by atoms with van der Waals surface area (Å²) >= 11 is 0. The van der Waals surface area contributed by atoms with Crippen LogP contribution < -0.4 is 0 Å². The second kappa shape index (κ2) is 5.91. The normalized spacial score (nSPS) is 26.6. The van der Waals surface area contributed by atoms with E-state index in [2.05, 4.69) is 20.1 Å². The minimum Gasteiger partial charge on any atom is -0.0866 e. The van der Waals surface area contributed by atoms with E-state index in [4.69, 9.17) is 11.1 Å². The molecule has 0 saturated heterocycles. The van der Waals surface area contributed by atoms with Gasteiger partial charge in [-0.2, -0.15) is 0 Å². The van der Waals surface area contributed by atoms with E-state index in [1.807, 2.05) is 12.2 Å². The van der Waals surface area contributed by atoms with Crippen LogP contribution in [0.1, 0.15) is 25.7 Å². The average molecular weight is 192 g/mol. The van der Waals surface area contributed by atoms with Crippen molar-refractivity contribution in [1.82, 2.24) is 0 Å². The molecule has 0 heterocycles. The van der Waals surface area contributed by atoms with Crippen LogP contribution in [0.2, 0.25) is 0 Å². The van der Waals surface area contributed by atoms with Crippen LogP contribution in [0.5, 0.6) is 0 Å². The topological polar surface area (TPSA) is 97.5 Å². The third kappa shape index (κ3) is 3.39. The molecule has 1 aliphatic carbocycles. The van der Waals surface area contributed by atoms with Gasteiger partial charge in [0.1, 0.15) is 0 Å². The van der Waals surface area contributed by atoms with Crippen molar-refractivity contribution in [2.75, 3.05) is 0 Å². The maximum Gasteiger partial charge on any atom is 0.0555 e. The van der Waals surface area contributed by atoms with Gasteiger partial charge in [-0.15, -0.1) is 0 Å². The van der Waals surface area contributed by atoms with Gasteiger partial charge in [0.25, 0.3) is 0 Å². The van der Waals surface area contributed by atoms with Gasteiger partial charge in [-0.1, -0.05) is 35.2 Å². The molecule has 0 bridgehead atoms. The Kier molecular flexibility index (Phi) is 4.41. The molecular weight excluding hydrogens is 180 g/mol. The lowest BCUT2D eigenvalue weighted by Crippen LogP contribution is -2.07. The minimum atomic E-state index is -0.0864. The van der Waals surface area contributed by atoms with Gasteiger partial charge in [-0.3, -0.25) is 0 Å². The Hall–Kier alpha value is -1.64. The van der Waals surface area contributed by atoms with E-state index >= 15 is 0 Å². The zero-order valence-electron chi connectivity index (χ0n) is 7.82. The standard InChI is InChI=1S/C8H12N6/c9-13-11-7-3-1-2-4-8(6-5-7)12-14-10/h5-8H,1-4H2/t7-,8+. The maximum absolute atomic E-state index is 8.29. The van der Waals surface area contributed by atoms with Crippen LogP contribution in [0.15, 0.2) is 22.4 Å². The summed E-state index contributed by atoms with van der Waals surface area (Å²) in [6.07, 6.45) is 7.43. The molecule has 0 N–H and O–H groups in total. The molecule has 0 spiro atoms. The van der Waals surface area contributed by atoms with Crippen molar-refractivity contribution >= 4 is 0 Å². The van der Waals surface area contributed by atoms with E-state index in [0.29, 0.717) is 0 Å². The summed E-state index contributed by atoms with van der Waals surface area (Å²) in [4.78, 5) is 5.55. The number of rotatable bonds is 2. The Balaban J connectivity index is 2.68. The highest BCUT2D eigenvalue weighted by Gasteiger charge is 2.09. The number of nitrogens with zero attached hydrogens (tertiary/aromatic N) is 6. The van der Waals surface area contributed by atoms with E-state index in [-0.39, 0.29) is 12.1 Å². The molecule has 0 aromatic carbocycles. The van der Waals surface area contributed by atoms with Crippen LogP contribution in [0.3, 0.4) is 0 Å². The second-order valence-electron chi connectivity index (χ2n) is 3.21. The van der Waals surface area contributed by atoms with Crippen molar-refractivity contribution in [3.63, 3.8) is 0 Å². The van der Waals surface area contributed by atoms with Crippen LogP contribution in [-0.2, 0) is 0 Å². The van der Waals surface area contributed by atoms with Gasteiger partial charge in [-0.05, 0) is 23.9 Å². The average Bonchev–Trinajstić information content (AvgIpc) is 2.15. The van der Waals surface area contributed by atoms with E-state index in [1.54, 1.807) is 0 Å². The van der Waals surface area contributed by atoms with Gasteiger partial charge in [0.2, 0.25) is 0 Å². The quantitative estimate of drug-likeness (QED) is 0.277. The van der Waals surface area contributed by atoms with E-state index < -0.39 is 0 Å². The Morgan fingerprint density at radius 2 is 1.36 bits per heavy atom. The molecule has 1 aliphatic rings. The van der Waals surface area contributed by atoms with Crippen molar-refractivity contribution < 1.29 is 0 Å². The van der Waals surface area contributed by atoms with Crippen molar-refractivity contribution in [1.29, 1.82) is 0 Å². The van der Waals surface area contributed by atoms with Crippen LogP contribution >= 0.6 is 0 Å². The fourth-order valence-corrected chi connectivity index (χ4v) is 1.48. The smallest absolute Gasteiger partial charge is 0.0555 e. The molecule has 2 atom stereocenters. The number of hydrogen-bond donors (Lipinski definition) is 0. The van der Waals surface area contributed by atoms with Gasteiger partial charge >= 0.3 is 0 Å². The summed E-state index contributed by atoms with van der Waals surface area (Å²) in [7, 11) is 0. The van der Waals surface area contributed by atoms with E-state index in [9.17, 15) is 0 Å². The Morgan fingerprint density at radius 3 is 1.71 bits per heavy atom. The molecule has 0 aliphatic heterocycles. The molecule has 0 unspecified atom stereocenters. The largest absolute Gasteiger partial charge is 0.0866 e. The molecule has 1 rings (SSSR count). The lowest BCUT2D eigenvalue weighted by Gasteiger charge is -2.12. The predicted molar refractivity (Wildman–Crippen MR) is 53.5 cm³/mol. The summed E-state index contributed by atoms with van der Waals surface area (Å²) in [6, 6.07) is -0.173. The fourth-order valence-electron chi connectivity index (χ4n) is 1.48. The Labute approximate surface area is 81.9 Å². The van der Waals surface area contributed by atoms with Gasteiger partial charge in [0, 0.05) is 9.82 Å². The number of azide groups is 2. The van der Waals surface area contributed by atoms with Crippen molar-refractivity contribution in [3.05, 3.63) is 33.0 Å². The Bertz CT molecular complexity index is 267. The highest BCUT2D eigenvalue weighted by Crippen LogP contribution is 2.16. The molecule has 14 heavy (non-hydrogen) atoms. The second-order valence-corrected chi connectivity index (χ2v) is 3.21. The molecule has 6 nitrogen and oxygen atoms in total. The third-order valence-corrected chi connectivity index (χ3v) is 2.21. The monoisotopic (exact) mass is 192 g/mol. The van der Waals surface area contributed by atoms with Crippen molar-refractivity contribution in [3.8, 4) is 0 Å². The summed E-state index contributed by atoms with van der Waals surface area (Å²) in [5.41, 5.74) is 16.6. The molecule has 0 saturated carbocycles. The molecule has 0 aromatic rings. The van der Waals surface area contributed by atoms with Gasteiger partial charge in [0.15, 0.2) is 0 Å². The Morgan fingerprint density at radius 1 is 0.929 bits per heavy atom. The van der Waals surface area contributed by atoms with Crippen LogP contribution in [-0.4, -0.2) is 12.1 Å². The van der Waals surface area contributed by atoms with E-state index in [0.717, 1.165) is 25.7 Å². The highest BCUT2D eigenvalue weighted by atomic mass is 15.2. The molecule has 0 amide bonds. The van der Waals surface area contributed by atoms with Crippen LogP contribution in [0.25, 0.3) is 20.9 Å². The summed E-state index contributed by atoms with van der Waals surface area (Å²) in [5, 5.41) is 7.28. The molecule has 0 radical (unpaired) electrons. The zero-order chi connectivity index (χ0) is 10.2. The van der Waals surface area contributed by atoms with E-state index in [1.165, 1.54) is 0 Å². The van der Waals surface area contributed by atoms with Crippen LogP contribution in [0.4, 0.5) is 0 Å². The summed E-state index contributed by atoms with van der Waals surface area (Å²) in [6.45, 7) is 0. The highest BCUT2D eigenvalue weighted by molar-refractivity contribution is 5.01. The van der Waals surface area contributed by atoms with Gasteiger partial charge in [-0.25, -0.2) is 0 Å². The minimum absolute atomic E-state index is 0.0864. The summed E-state index contributed by atoms with van der Waals surface area (Å²) in [5.74, 6) is 0. The number of hydrogen-bond acceptors (Lipinski definition) is 2. The molecule has 0 fully saturated rings. The first kappa shape index (κ1) is 10.4. The lowest BCUT2D eigenvalue weighted by molar-refractivity contribution is 0.560. The lowest BCUT2D eigenvalue weighted by atomic mass is 10.0. The first-order valence-electron chi connectivity index (χ1n) is 4.63. The first-order chi connectivity index (χ1) is 6.86. The van der Waals surface area contributed by atoms with Crippen LogP contribution in [0, 0.1) is 0 Å². The zero-order valence-corrected chi connectivity index (χ0v) is 7.82. The predicted octanol–water partition coefficient (Wildman–Crippen LogP) is 3.47. The third-order valence-electron chi connectivity index (χ3n) is 2.21. The fraction of sp³-hybridized carbons (Fsp3) is 0.750. The van der Waals surface area contributed by atoms with Crippen molar-refractivity contribution in [2.45, 2.75) is 37.8 Å². The van der Waals surface area contributed by atoms with Crippen molar-refractivity contribution in [2.24, 2.45) is 10.2 Å². The molecule has 6 heteroatoms. The van der Waals surface area contributed by atoms with Gasteiger partial charge in [0.05, 0.1) is 12.1 Å².